The van der Waals surface area contributed by atoms with Crippen LogP contribution in [0.4, 0.5) is 5.69 Å². The second-order valence-electron chi connectivity index (χ2n) is 4.43. The summed E-state index contributed by atoms with van der Waals surface area (Å²) < 4.78 is 31.9. The maximum atomic E-state index is 12.1. The lowest BCUT2D eigenvalue weighted by molar-refractivity contribution is -0.118. The van der Waals surface area contributed by atoms with Gasteiger partial charge in [0.2, 0.25) is 10.0 Å². The standard InChI is InChI=1S/C12H16N2O4S/c1-3-8(2)14-19(16,17)9-4-5-11-10(6-9)13-12(15)7-18-11/h4-6,8,14H,3,7H2,1-2H3,(H,13,15). The number of nitrogens with one attached hydrogen (secondary N) is 2. The molecule has 6 nitrogen and oxygen atoms in total. The van der Waals surface area contributed by atoms with Gasteiger partial charge in [-0.2, -0.15) is 0 Å². The zero-order chi connectivity index (χ0) is 14.0. The molecule has 1 aliphatic rings. The molecule has 2 N–H and O–H groups in total. The molecule has 19 heavy (non-hydrogen) atoms. The summed E-state index contributed by atoms with van der Waals surface area (Å²) in [7, 11) is -3.58. The van der Waals surface area contributed by atoms with Crippen LogP contribution < -0.4 is 14.8 Å². The van der Waals surface area contributed by atoms with Gasteiger partial charge < -0.3 is 10.1 Å². The molecule has 1 heterocycles. The molecule has 0 aromatic heterocycles. The second kappa shape index (κ2) is 5.18. The lowest BCUT2D eigenvalue weighted by atomic mass is 10.2. The average molecular weight is 284 g/mol. The molecular formula is C12H16N2O4S. The minimum absolute atomic E-state index is 0.0514. The van der Waals surface area contributed by atoms with Gasteiger partial charge in [0.1, 0.15) is 5.75 Å². The Hall–Kier alpha value is -1.60. The van der Waals surface area contributed by atoms with Crippen LogP contribution in [0.25, 0.3) is 0 Å². The van der Waals surface area contributed by atoms with Gasteiger partial charge in [-0.25, -0.2) is 13.1 Å². The van der Waals surface area contributed by atoms with E-state index in [1.807, 2.05) is 6.92 Å². The molecule has 104 valence electrons. The highest BCUT2D eigenvalue weighted by atomic mass is 32.2. The van der Waals surface area contributed by atoms with Crippen molar-refractivity contribution in [3.63, 3.8) is 0 Å². The largest absolute Gasteiger partial charge is 0.482 e. The van der Waals surface area contributed by atoms with Gasteiger partial charge in [-0.05, 0) is 31.5 Å². The number of benzene rings is 1. The molecule has 1 amide bonds. The van der Waals surface area contributed by atoms with Crippen molar-refractivity contribution >= 4 is 21.6 Å². The summed E-state index contributed by atoms with van der Waals surface area (Å²) in [6.45, 7) is 3.64. The van der Waals surface area contributed by atoms with E-state index in [2.05, 4.69) is 10.0 Å². The molecule has 0 fully saturated rings. The van der Waals surface area contributed by atoms with Gasteiger partial charge in [0.25, 0.3) is 5.91 Å². The van der Waals surface area contributed by atoms with Gasteiger partial charge in [0.15, 0.2) is 6.61 Å². The predicted molar refractivity (Wildman–Crippen MR) is 70.6 cm³/mol. The highest BCUT2D eigenvalue weighted by Crippen LogP contribution is 2.30. The fourth-order valence-electron chi connectivity index (χ4n) is 1.65. The molecule has 1 aromatic carbocycles. The van der Waals surface area contributed by atoms with Crippen LogP contribution in [0, 0.1) is 0 Å². The van der Waals surface area contributed by atoms with Crippen LogP contribution in [0.1, 0.15) is 20.3 Å². The number of carbonyl (C=O) groups is 1. The molecular weight excluding hydrogens is 268 g/mol. The topological polar surface area (TPSA) is 84.5 Å². The first-order valence-corrected chi connectivity index (χ1v) is 7.49. The Balaban J connectivity index is 2.31. The highest BCUT2D eigenvalue weighted by Gasteiger charge is 2.21. The summed E-state index contributed by atoms with van der Waals surface area (Å²) in [4.78, 5) is 11.3. The third kappa shape index (κ3) is 3.05. The molecule has 1 aromatic rings. The molecule has 0 spiro atoms. The Morgan fingerprint density at radius 1 is 1.47 bits per heavy atom. The lowest BCUT2D eigenvalue weighted by Crippen LogP contribution is -2.32. The fourth-order valence-corrected chi connectivity index (χ4v) is 3.00. The Morgan fingerprint density at radius 2 is 2.21 bits per heavy atom. The van der Waals surface area contributed by atoms with Crippen molar-refractivity contribution in [1.82, 2.24) is 4.72 Å². The molecule has 1 unspecified atom stereocenters. The fraction of sp³-hybridized carbons (Fsp3) is 0.417. The van der Waals surface area contributed by atoms with Crippen LogP contribution in [-0.4, -0.2) is 27.0 Å². The van der Waals surface area contributed by atoms with Crippen molar-refractivity contribution in [2.45, 2.75) is 31.2 Å². The number of rotatable bonds is 4. The quantitative estimate of drug-likeness (QED) is 0.867. The van der Waals surface area contributed by atoms with E-state index in [1.165, 1.54) is 12.1 Å². The molecule has 2 rings (SSSR count). The van der Waals surface area contributed by atoms with Crippen LogP contribution in [0.2, 0.25) is 0 Å². The van der Waals surface area contributed by atoms with E-state index in [0.29, 0.717) is 17.9 Å². The molecule has 1 aliphatic heterocycles. The van der Waals surface area contributed by atoms with E-state index in [-0.39, 0.29) is 23.5 Å². The van der Waals surface area contributed by atoms with Gasteiger partial charge in [-0.1, -0.05) is 6.92 Å². The molecule has 0 saturated carbocycles. The third-order valence-electron chi connectivity index (χ3n) is 2.86. The highest BCUT2D eigenvalue weighted by molar-refractivity contribution is 7.89. The molecule has 1 atom stereocenters. The van der Waals surface area contributed by atoms with Gasteiger partial charge in [-0.3, -0.25) is 4.79 Å². The Labute approximate surface area is 112 Å². The van der Waals surface area contributed by atoms with E-state index in [0.717, 1.165) is 0 Å². The van der Waals surface area contributed by atoms with Crippen molar-refractivity contribution in [2.24, 2.45) is 0 Å². The van der Waals surface area contributed by atoms with Crippen molar-refractivity contribution in [1.29, 1.82) is 0 Å². The first-order chi connectivity index (χ1) is 8.92. The number of hydrogen-bond acceptors (Lipinski definition) is 4. The summed E-state index contributed by atoms with van der Waals surface area (Å²) in [6, 6.07) is 4.25. The Kier molecular flexibility index (Phi) is 3.77. The molecule has 7 heteroatoms. The first-order valence-electron chi connectivity index (χ1n) is 6.01. The van der Waals surface area contributed by atoms with Gasteiger partial charge in [0, 0.05) is 6.04 Å². The van der Waals surface area contributed by atoms with Crippen LogP contribution in [0.15, 0.2) is 23.1 Å². The third-order valence-corrected chi connectivity index (χ3v) is 4.45. The van der Waals surface area contributed by atoms with Gasteiger partial charge in [-0.15, -0.1) is 0 Å². The van der Waals surface area contributed by atoms with E-state index >= 15 is 0 Å². The SMILES string of the molecule is CCC(C)NS(=O)(=O)c1ccc2c(c1)NC(=O)CO2. The molecule has 0 saturated heterocycles. The predicted octanol–water partition coefficient (Wildman–Crippen LogP) is 1.09. The van der Waals surface area contributed by atoms with Crippen molar-refractivity contribution in [3.05, 3.63) is 18.2 Å². The minimum Gasteiger partial charge on any atom is -0.482 e. The number of hydrogen-bond donors (Lipinski definition) is 2. The van der Waals surface area contributed by atoms with Crippen LogP contribution >= 0.6 is 0 Å². The van der Waals surface area contributed by atoms with Gasteiger partial charge >= 0.3 is 0 Å². The van der Waals surface area contributed by atoms with E-state index in [1.54, 1.807) is 13.0 Å². The van der Waals surface area contributed by atoms with E-state index in [9.17, 15) is 13.2 Å². The monoisotopic (exact) mass is 284 g/mol. The maximum Gasteiger partial charge on any atom is 0.262 e. The number of anilines is 1. The summed E-state index contributed by atoms with van der Waals surface area (Å²) in [5.74, 6) is 0.180. The number of ether oxygens (including phenoxy) is 1. The van der Waals surface area contributed by atoms with Crippen molar-refractivity contribution in [2.75, 3.05) is 11.9 Å². The lowest BCUT2D eigenvalue weighted by Gasteiger charge is -2.19. The first kappa shape index (κ1) is 13.8. The zero-order valence-electron chi connectivity index (χ0n) is 10.8. The van der Waals surface area contributed by atoms with Crippen LogP contribution in [0.3, 0.4) is 0 Å². The Bertz CT molecular complexity index is 598. The zero-order valence-corrected chi connectivity index (χ0v) is 11.6. The summed E-state index contributed by atoms with van der Waals surface area (Å²) in [5, 5.41) is 2.58. The van der Waals surface area contributed by atoms with Crippen LogP contribution in [-0.2, 0) is 14.8 Å². The normalized spacial score (nSPS) is 16.2. The van der Waals surface area contributed by atoms with E-state index in [4.69, 9.17) is 4.74 Å². The molecule has 0 aliphatic carbocycles. The number of fused-ring (bicyclic) bond motifs is 1. The van der Waals surface area contributed by atoms with Crippen LogP contribution in [0.5, 0.6) is 5.75 Å². The number of sulfonamides is 1. The smallest absolute Gasteiger partial charge is 0.262 e. The second-order valence-corrected chi connectivity index (χ2v) is 6.14. The summed E-state index contributed by atoms with van der Waals surface area (Å²) >= 11 is 0. The molecule has 0 radical (unpaired) electrons. The number of amides is 1. The van der Waals surface area contributed by atoms with Gasteiger partial charge in [0.05, 0.1) is 10.6 Å². The average Bonchev–Trinajstić information content (AvgIpc) is 2.37. The van der Waals surface area contributed by atoms with Crippen molar-refractivity contribution in [3.8, 4) is 5.75 Å². The Morgan fingerprint density at radius 3 is 2.89 bits per heavy atom. The van der Waals surface area contributed by atoms with E-state index < -0.39 is 10.0 Å². The molecule has 0 bridgehead atoms. The minimum atomic E-state index is -3.58. The number of carbonyl (C=O) groups excluding carboxylic acids is 1. The summed E-state index contributed by atoms with van der Waals surface area (Å²) in [5.41, 5.74) is 0.378. The summed E-state index contributed by atoms with van der Waals surface area (Å²) in [6.07, 6.45) is 0.698. The maximum absolute atomic E-state index is 12.1. The van der Waals surface area contributed by atoms with Crippen molar-refractivity contribution < 1.29 is 17.9 Å².